The monoisotopic (exact) mass is 377 g/mol. The van der Waals surface area contributed by atoms with Crippen LogP contribution >= 0.6 is 0 Å². The third-order valence-electron chi connectivity index (χ3n) is 4.96. The molecule has 1 fully saturated rings. The van der Waals surface area contributed by atoms with Gasteiger partial charge in [-0.2, -0.15) is 5.10 Å². The van der Waals surface area contributed by atoms with Gasteiger partial charge >= 0.3 is 0 Å². The zero-order chi connectivity index (χ0) is 19.5. The number of hydrogen-bond donors (Lipinski definition) is 0. The Labute approximate surface area is 164 Å². The predicted octanol–water partition coefficient (Wildman–Crippen LogP) is 3.40. The summed E-state index contributed by atoms with van der Waals surface area (Å²) in [5.74, 6) is 0.615. The van der Waals surface area contributed by atoms with Crippen LogP contribution < -0.4 is 4.74 Å². The van der Waals surface area contributed by atoms with Crippen LogP contribution in [-0.2, 0) is 4.74 Å². The second-order valence-corrected chi connectivity index (χ2v) is 6.82. The molecule has 1 saturated heterocycles. The van der Waals surface area contributed by atoms with Gasteiger partial charge < -0.3 is 14.4 Å². The molecule has 4 rings (SSSR count). The first-order chi connectivity index (χ1) is 13.7. The molecule has 0 radical (unpaired) electrons. The van der Waals surface area contributed by atoms with E-state index < -0.39 is 0 Å². The van der Waals surface area contributed by atoms with E-state index in [0.717, 1.165) is 16.8 Å². The number of aryl methyl sites for hydroxylation is 1. The number of nitrogens with zero attached hydrogens (tertiary/aromatic N) is 3. The van der Waals surface area contributed by atoms with E-state index in [1.807, 2.05) is 60.4 Å². The van der Waals surface area contributed by atoms with Gasteiger partial charge in [0, 0.05) is 12.7 Å². The lowest BCUT2D eigenvalue weighted by Gasteiger charge is -2.35. The maximum atomic E-state index is 13.2. The van der Waals surface area contributed by atoms with Crippen LogP contribution in [-0.4, -0.2) is 47.5 Å². The fourth-order valence-electron chi connectivity index (χ4n) is 3.50. The summed E-state index contributed by atoms with van der Waals surface area (Å²) in [6, 6.07) is 17.5. The molecule has 3 aromatic rings. The number of benzene rings is 2. The van der Waals surface area contributed by atoms with E-state index >= 15 is 0 Å². The molecule has 1 aromatic heterocycles. The SMILES string of the molecule is COc1ccc(C)cc1-n1ccc(C(=O)N2CCOC[C@@H]2c2ccccc2)n1. The van der Waals surface area contributed by atoms with Crippen molar-refractivity contribution in [3.8, 4) is 11.4 Å². The van der Waals surface area contributed by atoms with Gasteiger partial charge in [-0.15, -0.1) is 0 Å². The molecule has 0 saturated carbocycles. The van der Waals surface area contributed by atoms with Crippen LogP contribution in [0.3, 0.4) is 0 Å². The second-order valence-electron chi connectivity index (χ2n) is 6.82. The van der Waals surface area contributed by atoms with Gasteiger partial charge in [-0.3, -0.25) is 4.79 Å². The summed E-state index contributed by atoms with van der Waals surface area (Å²) < 4.78 is 12.8. The lowest BCUT2D eigenvalue weighted by molar-refractivity contribution is -0.00303. The summed E-state index contributed by atoms with van der Waals surface area (Å²) in [4.78, 5) is 15.1. The Kier molecular flexibility index (Phi) is 5.12. The minimum Gasteiger partial charge on any atom is -0.494 e. The Balaban J connectivity index is 1.63. The Hall–Kier alpha value is -3.12. The number of carbonyl (C=O) groups excluding carboxylic acids is 1. The van der Waals surface area contributed by atoms with Gasteiger partial charge in [0.2, 0.25) is 0 Å². The highest BCUT2D eigenvalue weighted by Crippen LogP contribution is 2.27. The number of aromatic nitrogens is 2. The van der Waals surface area contributed by atoms with E-state index in [-0.39, 0.29) is 11.9 Å². The van der Waals surface area contributed by atoms with Crippen LogP contribution in [0.1, 0.15) is 27.7 Å². The van der Waals surface area contributed by atoms with E-state index in [4.69, 9.17) is 9.47 Å². The highest BCUT2D eigenvalue weighted by molar-refractivity contribution is 5.92. The van der Waals surface area contributed by atoms with Gasteiger partial charge in [0.1, 0.15) is 11.4 Å². The second kappa shape index (κ2) is 7.86. The smallest absolute Gasteiger partial charge is 0.275 e. The molecular formula is C22H23N3O3. The molecule has 6 heteroatoms. The van der Waals surface area contributed by atoms with Gasteiger partial charge in [-0.1, -0.05) is 36.4 Å². The van der Waals surface area contributed by atoms with Crippen molar-refractivity contribution in [2.24, 2.45) is 0 Å². The Morgan fingerprint density at radius 1 is 1.18 bits per heavy atom. The molecule has 0 spiro atoms. The summed E-state index contributed by atoms with van der Waals surface area (Å²) in [6.45, 7) is 3.57. The number of morpholine rings is 1. The van der Waals surface area contributed by atoms with Crippen molar-refractivity contribution >= 4 is 5.91 Å². The third kappa shape index (κ3) is 3.51. The van der Waals surface area contributed by atoms with Crippen molar-refractivity contribution < 1.29 is 14.3 Å². The van der Waals surface area contributed by atoms with Gasteiger partial charge in [-0.25, -0.2) is 4.68 Å². The number of amides is 1. The highest BCUT2D eigenvalue weighted by atomic mass is 16.5. The summed E-state index contributed by atoms with van der Waals surface area (Å²) in [6.07, 6.45) is 1.79. The van der Waals surface area contributed by atoms with E-state index in [0.29, 0.717) is 31.2 Å². The van der Waals surface area contributed by atoms with Crippen LogP contribution in [0.4, 0.5) is 0 Å². The van der Waals surface area contributed by atoms with E-state index in [9.17, 15) is 4.79 Å². The first-order valence-corrected chi connectivity index (χ1v) is 9.31. The lowest BCUT2D eigenvalue weighted by Crippen LogP contribution is -2.43. The van der Waals surface area contributed by atoms with Crippen LogP contribution in [0.5, 0.6) is 5.75 Å². The first-order valence-electron chi connectivity index (χ1n) is 9.31. The maximum absolute atomic E-state index is 13.2. The normalized spacial score (nSPS) is 16.8. The zero-order valence-corrected chi connectivity index (χ0v) is 16.0. The Bertz CT molecular complexity index is 968. The van der Waals surface area contributed by atoms with Crippen LogP contribution in [0, 0.1) is 6.92 Å². The molecule has 0 unspecified atom stereocenters. The Morgan fingerprint density at radius 2 is 2.00 bits per heavy atom. The number of ether oxygens (including phenoxy) is 2. The number of carbonyl (C=O) groups is 1. The van der Waals surface area contributed by atoms with Crippen LogP contribution in [0.15, 0.2) is 60.8 Å². The molecule has 0 N–H and O–H groups in total. The van der Waals surface area contributed by atoms with E-state index in [1.165, 1.54) is 0 Å². The number of hydrogen-bond acceptors (Lipinski definition) is 4. The zero-order valence-electron chi connectivity index (χ0n) is 16.0. The average molecular weight is 377 g/mol. The molecule has 2 aromatic carbocycles. The molecule has 1 aliphatic heterocycles. The van der Waals surface area contributed by atoms with Crippen molar-refractivity contribution in [1.29, 1.82) is 0 Å². The molecule has 2 heterocycles. The van der Waals surface area contributed by atoms with Gasteiger partial charge in [0.25, 0.3) is 5.91 Å². The van der Waals surface area contributed by atoms with Crippen molar-refractivity contribution in [3.63, 3.8) is 0 Å². The molecule has 1 atom stereocenters. The topological polar surface area (TPSA) is 56.6 Å². The Morgan fingerprint density at radius 3 is 2.79 bits per heavy atom. The minimum atomic E-state index is -0.110. The van der Waals surface area contributed by atoms with Crippen molar-refractivity contribution in [2.75, 3.05) is 26.9 Å². The van der Waals surface area contributed by atoms with E-state index in [1.54, 1.807) is 24.1 Å². The molecular weight excluding hydrogens is 354 g/mol. The largest absolute Gasteiger partial charge is 0.494 e. The summed E-state index contributed by atoms with van der Waals surface area (Å²) in [7, 11) is 1.63. The third-order valence-corrected chi connectivity index (χ3v) is 4.96. The van der Waals surface area contributed by atoms with Gasteiger partial charge in [-0.05, 0) is 36.2 Å². The maximum Gasteiger partial charge on any atom is 0.275 e. The molecule has 1 aliphatic rings. The summed E-state index contributed by atoms with van der Waals surface area (Å²) in [5.41, 5.74) is 3.38. The van der Waals surface area contributed by atoms with Crippen molar-refractivity contribution in [2.45, 2.75) is 13.0 Å². The van der Waals surface area contributed by atoms with E-state index in [2.05, 4.69) is 5.10 Å². The number of rotatable bonds is 4. The van der Waals surface area contributed by atoms with Crippen LogP contribution in [0.2, 0.25) is 0 Å². The lowest BCUT2D eigenvalue weighted by atomic mass is 10.0. The fourth-order valence-corrected chi connectivity index (χ4v) is 3.50. The van der Waals surface area contributed by atoms with Gasteiger partial charge in [0.05, 0.1) is 26.4 Å². The molecule has 0 bridgehead atoms. The first kappa shape index (κ1) is 18.3. The van der Waals surface area contributed by atoms with Crippen molar-refractivity contribution in [3.05, 3.63) is 77.6 Å². The average Bonchev–Trinajstić information content (AvgIpc) is 3.24. The molecule has 1 amide bonds. The van der Waals surface area contributed by atoms with Crippen LogP contribution in [0.25, 0.3) is 5.69 Å². The standard InChI is InChI=1S/C22H23N3O3/c1-16-8-9-21(27-2)19(14-16)25-11-10-18(23-25)22(26)24-12-13-28-15-20(24)17-6-4-3-5-7-17/h3-11,14,20H,12-13,15H2,1-2H3/t20-/m1/s1. The predicted molar refractivity (Wildman–Crippen MR) is 106 cm³/mol. The van der Waals surface area contributed by atoms with Gasteiger partial charge in [0.15, 0.2) is 5.69 Å². The van der Waals surface area contributed by atoms with Crippen molar-refractivity contribution in [1.82, 2.24) is 14.7 Å². The molecule has 28 heavy (non-hydrogen) atoms. The molecule has 144 valence electrons. The molecule has 6 nitrogen and oxygen atoms in total. The quantitative estimate of drug-likeness (QED) is 0.699. The minimum absolute atomic E-state index is 0.0949. The fraction of sp³-hybridized carbons (Fsp3) is 0.273. The molecule has 0 aliphatic carbocycles. The highest BCUT2D eigenvalue weighted by Gasteiger charge is 2.30. The summed E-state index contributed by atoms with van der Waals surface area (Å²) in [5, 5.41) is 4.54. The number of methoxy groups -OCH3 is 1. The summed E-state index contributed by atoms with van der Waals surface area (Å²) >= 11 is 0.